The molecule has 0 aromatic heterocycles. The van der Waals surface area contributed by atoms with Gasteiger partial charge in [-0.05, 0) is 38.4 Å². The zero-order chi connectivity index (χ0) is 14.5. The molecule has 0 radical (unpaired) electrons. The van der Waals surface area contributed by atoms with Gasteiger partial charge < -0.3 is 15.4 Å². The zero-order valence-corrected chi connectivity index (χ0v) is 12.5. The summed E-state index contributed by atoms with van der Waals surface area (Å²) in [6.45, 7) is 2.67. The first-order valence-electron chi connectivity index (χ1n) is 6.67. The molecular formula is C14H19ClF2N2O2. The molecule has 118 valence electrons. The molecule has 2 atom stereocenters. The molecule has 1 aliphatic rings. The molecule has 1 aliphatic heterocycles. The predicted octanol–water partition coefficient (Wildman–Crippen LogP) is 2.02. The third-order valence-electron chi connectivity index (χ3n) is 3.36. The van der Waals surface area contributed by atoms with Gasteiger partial charge in [0.05, 0.1) is 0 Å². The van der Waals surface area contributed by atoms with Crippen molar-refractivity contribution in [3.8, 4) is 5.75 Å². The second-order valence-corrected chi connectivity index (χ2v) is 4.92. The van der Waals surface area contributed by atoms with Gasteiger partial charge in [0, 0.05) is 18.2 Å². The van der Waals surface area contributed by atoms with Crippen LogP contribution in [0.1, 0.15) is 19.8 Å². The van der Waals surface area contributed by atoms with E-state index in [0.717, 1.165) is 31.5 Å². The second kappa shape index (κ2) is 8.14. The van der Waals surface area contributed by atoms with Crippen LogP contribution in [-0.2, 0) is 4.79 Å². The van der Waals surface area contributed by atoms with Crippen molar-refractivity contribution >= 4 is 18.3 Å². The van der Waals surface area contributed by atoms with Crippen LogP contribution in [0.3, 0.4) is 0 Å². The molecule has 21 heavy (non-hydrogen) atoms. The second-order valence-electron chi connectivity index (χ2n) is 4.92. The number of rotatable bonds is 4. The minimum atomic E-state index is -0.814. The number of halogens is 3. The van der Waals surface area contributed by atoms with Crippen molar-refractivity contribution in [1.29, 1.82) is 0 Å². The molecule has 1 amide bonds. The lowest BCUT2D eigenvalue weighted by atomic mass is 10.00. The van der Waals surface area contributed by atoms with Crippen molar-refractivity contribution in [3.05, 3.63) is 29.8 Å². The summed E-state index contributed by atoms with van der Waals surface area (Å²) in [7, 11) is 0. The fourth-order valence-corrected chi connectivity index (χ4v) is 2.23. The van der Waals surface area contributed by atoms with E-state index in [1.807, 2.05) is 6.92 Å². The van der Waals surface area contributed by atoms with Crippen molar-refractivity contribution in [2.75, 3.05) is 13.2 Å². The van der Waals surface area contributed by atoms with Gasteiger partial charge >= 0.3 is 0 Å². The zero-order valence-electron chi connectivity index (χ0n) is 11.7. The van der Waals surface area contributed by atoms with Crippen molar-refractivity contribution in [3.63, 3.8) is 0 Å². The maximum Gasteiger partial charge on any atom is 0.258 e. The highest BCUT2D eigenvalue weighted by molar-refractivity contribution is 5.85. The van der Waals surface area contributed by atoms with Gasteiger partial charge in [0.1, 0.15) is 5.82 Å². The lowest BCUT2D eigenvalue weighted by Gasteiger charge is -2.30. The molecule has 1 heterocycles. The molecule has 2 N–H and O–H groups in total. The third-order valence-corrected chi connectivity index (χ3v) is 3.36. The van der Waals surface area contributed by atoms with Crippen LogP contribution in [0.25, 0.3) is 0 Å². The van der Waals surface area contributed by atoms with Crippen LogP contribution >= 0.6 is 12.4 Å². The molecule has 4 nitrogen and oxygen atoms in total. The molecule has 1 fully saturated rings. The highest BCUT2D eigenvalue weighted by Crippen LogP contribution is 2.17. The van der Waals surface area contributed by atoms with Gasteiger partial charge in [-0.15, -0.1) is 12.4 Å². The van der Waals surface area contributed by atoms with Crippen molar-refractivity contribution in [2.24, 2.45) is 0 Å². The SMILES string of the molecule is CC1NCCCC1NC(=O)COc1ccc(F)cc1F.Cl. The van der Waals surface area contributed by atoms with Gasteiger partial charge in [-0.2, -0.15) is 0 Å². The molecule has 2 unspecified atom stereocenters. The van der Waals surface area contributed by atoms with Crippen molar-refractivity contribution < 1.29 is 18.3 Å². The summed E-state index contributed by atoms with van der Waals surface area (Å²) in [6.07, 6.45) is 1.91. The van der Waals surface area contributed by atoms with Gasteiger partial charge in [-0.1, -0.05) is 0 Å². The van der Waals surface area contributed by atoms with E-state index in [2.05, 4.69) is 10.6 Å². The van der Waals surface area contributed by atoms with E-state index in [1.54, 1.807) is 0 Å². The number of hydrogen-bond acceptors (Lipinski definition) is 3. The summed E-state index contributed by atoms with van der Waals surface area (Å²) in [5, 5.41) is 6.12. The molecule has 0 saturated carbocycles. The summed E-state index contributed by atoms with van der Waals surface area (Å²) >= 11 is 0. The normalized spacial score (nSPS) is 21.3. The third kappa shape index (κ3) is 5.13. The smallest absolute Gasteiger partial charge is 0.258 e. The molecule has 1 saturated heterocycles. The maximum absolute atomic E-state index is 13.3. The number of ether oxygens (including phenoxy) is 1. The highest BCUT2D eigenvalue weighted by Gasteiger charge is 2.22. The van der Waals surface area contributed by atoms with Crippen LogP contribution in [0.4, 0.5) is 8.78 Å². The Balaban J connectivity index is 0.00000220. The van der Waals surface area contributed by atoms with E-state index >= 15 is 0 Å². The summed E-state index contributed by atoms with van der Waals surface area (Å²) in [6, 6.07) is 3.24. The van der Waals surface area contributed by atoms with Gasteiger partial charge in [0.25, 0.3) is 5.91 Å². The van der Waals surface area contributed by atoms with Crippen molar-refractivity contribution in [1.82, 2.24) is 10.6 Å². The molecule has 7 heteroatoms. The van der Waals surface area contributed by atoms with Crippen LogP contribution < -0.4 is 15.4 Å². The van der Waals surface area contributed by atoms with Crippen LogP contribution in [0.5, 0.6) is 5.75 Å². The number of piperidine rings is 1. The number of hydrogen-bond donors (Lipinski definition) is 2. The molecule has 0 bridgehead atoms. The first-order chi connectivity index (χ1) is 9.56. The summed E-state index contributed by atoms with van der Waals surface area (Å²) in [5.41, 5.74) is 0. The van der Waals surface area contributed by atoms with Gasteiger partial charge in [0.15, 0.2) is 18.2 Å². The lowest BCUT2D eigenvalue weighted by molar-refractivity contribution is -0.124. The monoisotopic (exact) mass is 320 g/mol. The Labute approximate surface area is 128 Å². The fourth-order valence-electron chi connectivity index (χ4n) is 2.23. The van der Waals surface area contributed by atoms with E-state index < -0.39 is 11.6 Å². The standard InChI is InChI=1S/C14H18F2N2O2.ClH/c1-9-12(3-2-6-17-9)18-14(19)8-20-13-5-4-10(15)7-11(13)16;/h4-5,7,9,12,17H,2-3,6,8H2,1H3,(H,18,19);1H. The highest BCUT2D eigenvalue weighted by atomic mass is 35.5. The Bertz CT molecular complexity index is 488. The van der Waals surface area contributed by atoms with Crippen LogP contribution in [-0.4, -0.2) is 31.1 Å². The van der Waals surface area contributed by atoms with Crippen LogP contribution in [0.2, 0.25) is 0 Å². The van der Waals surface area contributed by atoms with Crippen LogP contribution in [0, 0.1) is 11.6 Å². The summed E-state index contributed by atoms with van der Waals surface area (Å²) < 4.78 is 31.1. The topological polar surface area (TPSA) is 50.4 Å². The minimum Gasteiger partial charge on any atom is -0.481 e. The average Bonchev–Trinajstić information content (AvgIpc) is 2.40. The van der Waals surface area contributed by atoms with Gasteiger partial charge in [-0.3, -0.25) is 4.79 Å². The molecule has 1 aromatic rings. The van der Waals surface area contributed by atoms with E-state index in [4.69, 9.17) is 4.74 Å². The number of carbonyl (C=O) groups is 1. The predicted molar refractivity (Wildman–Crippen MR) is 77.7 cm³/mol. The number of carbonyl (C=O) groups excluding carboxylic acids is 1. The molecule has 2 rings (SSSR count). The Morgan fingerprint density at radius 1 is 1.48 bits per heavy atom. The Kier molecular flexibility index (Phi) is 6.84. The first kappa shape index (κ1) is 17.7. The first-order valence-corrected chi connectivity index (χ1v) is 6.67. The summed E-state index contributed by atoms with van der Waals surface area (Å²) in [5.74, 6) is -1.93. The Morgan fingerprint density at radius 3 is 2.90 bits per heavy atom. The maximum atomic E-state index is 13.3. The molecule has 1 aromatic carbocycles. The molecular weight excluding hydrogens is 302 g/mol. The Hall–Kier alpha value is -1.40. The van der Waals surface area contributed by atoms with Crippen LogP contribution in [0.15, 0.2) is 18.2 Å². The van der Waals surface area contributed by atoms with Gasteiger partial charge in [0.2, 0.25) is 0 Å². The quantitative estimate of drug-likeness (QED) is 0.892. The lowest BCUT2D eigenvalue weighted by Crippen LogP contribution is -2.52. The van der Waals surface area contributed by atoms with E-state index in [-0.39, 0.29) is 42.8 Å². The van der Waals surface area contributed by atoms with Crippen molar-refractivity contribution in [2.45, 2.75) is 31.8 Å². The number of nitrogens with one attached hydrogen (secondary N) is 2. The average molecular weight is 321 g/mol. The van der Waals surface area contributed by atoms with E-state index in [9.17, 15) is 13.6 Å². The molecule has 0 spiro atoms. The minimum absolute atomic E-state index is 0. The number of benzene rings is 1. The van der Waals surface area contributed by atoms with Gasteiger partial charge in [-0.25, -0.2) is 8.78 Å². The largest absolute Gasteiger partial charge is 0.481 e. The van der Waals surface area contributed by atoms with E-state index in [0.29, 0.717) is 0 Å². The fraction of sp³-hybridized carbons (Fsp3) is 0.500. The summed E-state index contributed by atoms with van der Waals surface area (Å²) in [4.78, 5) is 11.7. The van der Waals surface area contributed by atoms with E-state index in [1.165, 1.54) is 6.07 Å². The number of amides is 1. The Morgan fingerprint density at radius 2 is 2.24 bits per heavy atom. The molecule has 0 aliphatic carbocycles.